The lowest BCUT2D eigenvalue weighted by molar-refractivity contribution is 0.427. The average molecular weight is 329 g/mol. The van der Waals surface area contributed by atoms with Crippen LogP contribution in [0.4, 0.5) is 4.39 Å². The molecule has 1 aliphatic rings. The van der Waals surface area contributed by atoms with Gasteiger partial charge in [0.25, 0.3) is 0 Å². The Morgan fingerprint density at radius 3 is 2.74 bits per heavy atom. The summed E-state index contributed by atoms with van der Waals surface area (Å²) in [4.78, 5) is -0.475. The molecule has 0 aromatic heterocycles. The number of hydrogen-bond donors (Lipinski definition) is 2. The second-order valence-corrected chi connectivity index (χ2v) is 6.27. The van der Waals surface area contributed by atoms with E-state index in [0.29, 0.717) is 6.54 Å². The molecule has 108 valence electrons. The van der Waals surface area contributed by atoms with Crippen LogP contribution in [0.5, 0.6) is 0 Å². The predicted octanol–water partition coefficient (Wildman–Crippen LogP) is 1.93. The van der Waals surface area contributed by atoms with Gasteiger partial charge < -0.3 is 5.32 Å². The highest BCUT2D eigenvalue weighted by molar-refractivity contribution is 7.89. The minimum atomic E-state index is -3.92. The SMILES string of the molecule is Cl.O=S(=O)(NC1CCCNC1)c1c(F)cccc1Cl. The molecule has 0 spiro atoms. The topological polar surface area (TPSA) is 58.2 Å². The van der Waals surface area contributed by atoms with E-state index in [9.17, 15) is 12.8 Å². The first-order valence-corrected chi connectivity index (χ1v) is 7.54. The molecule has 2 N–H and O–H groups in total. The first kappa shape index (κ1) is 16.7. The molecule has 1 fully saturated rings. The van der Waals surface area contributed by atoms with E-state index in [1.807, 2.05) is 0 Å². The van der Waals surface area contributed by atoms with Crippen molar-refractivity contribution in [3.63, 3.8) is 0 Å². The molecule has 2 rings (SSSR count). The summed E-state index contributed by atoms with van der Waals surface area (Å²) in [6.07, 6.45) is 1.62. The van der Waals surface area contributed by atoms with Crippen LogP contribution in [0.2, 0.25) is 5.02 Å². The van der Waals surface area contributed by atoms with E-state index in [1.54, 1.807) is 0 Å². The Labute approximate surface area is 123 Å². The van der Waals surface area contributed by atoms with Crippen molar-refractivity contribution in [2.24, 2.45) is 0 Å². The molecule has 19 heavy (non-hydrogen) atoms. The molecule has 4 nitrogen and oxygen atoms in total. The Kier molecular flexibility index (Phi) is 6.01. The van der Waals surface area contributed by atoms with Gasteiger partial charge in [0.1, 0.15) is 10.7 Å². The van der Waals surface area contributed by atoms with E-state index in [0.717, 1.165) is 25.5 Å². The van der Waals surface area contributed by atoms with Crippen molar-refractivity contribution in [2.45, 2.75) is 23.8 Å². The van der Waals surface area contributed by atoms with E-state index in [4.69, 9.17) is 11.6 Å². The molecular formula is C11H15Cl2FN2O2S. The highest BCUT2D eigenvalue weighted by Gasteiger charge is 2.26. The fraction of sp³-hybridized carbons (Fsp3) is 0.455. The van der Waals surface area contributed by atoms with Gasteiger partial charge in [0, 0.05) is 12.6 Å². The van der Waals surface area contributed by atoms with Crippen molar-refractivity contribution in [1.82, 2.24) is 10.0 Å². The Balaban J connectivity index is 0.00000180. The third kappa shape index (κ3) is 4.03. The monoisotopic (exact) mass is 328 g/mol. The highest BCUT2D eigenvalue weighted by Crippen LogP contribution is 2.24. The van der Waals surface area contributed by atoms with E-state index >= 15 is 0 Å². The summed E-state index contributed by atoms with van der Waals surface area (Å²) in [5.74, 6) is -0.834. The summed E-state index contributed by atoms with van der Waals surface area (Å²) < 4.78 is 40.2. The standard InChI is InChI=1S/C11H14ClFN2O2S.ClH/c12-9-4-1-5-10(13)11(9)18(16,17)15-8-3-2-6-14-7-8;/h1,4-5,8,14-15H,2-3,6-7H2;1H. The van der Waals surface area contributed by atoms with Gasteiger partial charge in [-0.2, -0.15) is 0 Å². The van der Waals surface area contributed by atoms with Gasteiger partial charge in [-0.15, -0.1) is 12.4 Å². The van der Waals surface area contributed by atoms with Gasteiger partial charge in [0.2, 0.25) is 10.0 Å². The molecule has 8 heteroatoms. The first-order chi connectivity index (χ1) is 8.50. The fourth-order valence-electron chi connectivity index (χ4n) is 1.97. The summed E-state index contributed by atoms with van der Waals surface area (Å²) in [5.41, 5.74) is 0. The second-order valence-electron chi connectivity index (χ2n) is 4.22. The van der Waals surface area contributed by atoms with E-state index in [2.05, 4.69) is 10.0 Å². The molecular weight excluding hydrogens is 314 g/mol. The minimum Gasteiger partial charge on any atom is -0.315 e. The van der Waals surface area contributed by atoms with Gasteiger partial charge >= 0.3 is 0 Å². The van der Waals surface area contributed by atoms with Crippen molar-refractivity contribution in [3.8, 4) is 0 Å². The van der Waals surface area contributed by atoms with Crippen LogP contribution >= 0.6 is 24.0 Å². The van der Waals surface area contributed by atoms with Crippen LogP contribution in [0.25, 0.3) is 0 Å². The van der Waals surface area contributed by atoms with Crippen LogP contribution in [0, 0.1) is 5.82 Å². The Bertz CT molecular complexity index is 513. The number of halogens is 3. The highest BCUT2D eigenvalue weighted by atomic mass is 35.5. The Morgan fingerprint density at radius 2 is 2.16 bits per heavy atom. The number of nitrogens with one attached hydrogen (secondary N) is 2. The predicted molar refractivity (Wildman–Crippen MR) is 74.9 cm³/mol. The van der Waals surface area contributed by atoms with Crippen LogP contribution in [0.1, 0.15) is 12.8 Å². The van der Waals surface area contributed by atoms with Gasteiger partial charge in [-0.1, -0.05) is 17.7 Å². The summed E-state index contributed by atoms with van der Waals surface area (Å²) in [6.45, 7) is 1.42. The molecule has 0 saturated carbocycles. The molecule has 1 aliphatic heterocycles. The normalized spacial score (nSPS) is 19.8. The van der Waals surface area contributed by atoms with Gasteiger partial charge in [-0.25, -0.2) is 17.5 Å². The van der Waals surface area contributed by atoms with Crippen molar-refractivity contribution < 1.29 is 12.8 Å². The summed E-state index contributed by atoms with van der Waals surface area (Å²) >= 11 is 5.76. The van der Waals surface area contributed by atoms with Gasteiger partial charge in [-0.3, -0.25) is 0 Å². The van der Waals surface area contributed by atoms with Crippen molar-refractivity contribution in [3.05, 3.63) is 29.0 Å². The molecule has 1 saturated heterocycles. The first-order valence-electron chi connectivity index (χ1n) is 5.68. The molecule has 1 unspecified atom stereocenters. The van der Waals surface area contributed by atoms with Gasteiger partial charge in [-0.05, 0) is 31.5 Å². The lowest BCUT2D eigenvalue weighted by Crippen LogP contribution is -2.45. The molecule has 1 aromatic carbocycles. The lowest BCUT2D eigenvalue weighted by Gasteiger charge is -2.23. The van der Waals surface area contributed by atoms with Crippen LogP contribution < -0.4 is 10.0 Å². The van der Waals surface area contributed by atoms with Crippen LogP contribution in [0.15, 0.2) is 23.1 Å². The van der Waals surface area contributed by atoms with Crippen LogP contribution in [-0.2, 0) is 10.0 Å². The zero-order valence-corrected chi connectivity index (χ0v) is 12.4. The maximum atomic E-state index is 13.6. The Hall–Kier alpha value is -0.400. The zero-order chi connectivity index (χ0) is 13.2. The van der Waals surface area contributed by atoms with E-state index in [1.165, 1.54) is 12.1 Å². The van der Waals surface area contributed by atoms with Crippen molar-refractivity contribution >= 4 is 34.0 Å². The maximum Gasteiger partial charge on any atom is 0.245 e. The number of piperidine rings is 1. The van der Waals surface area contributed by atoms with Crippen LogP contribution in [0.3, 0.4) is 0 Å². The maximum absolute atomic E-state index is 13.6. The second kappa shape index (κ2) is 6.85. The summed E-state index contributed by atoms with van der Waals surface area (Å²) in [6, 6.07) is 3.59. The fourth-order valence-corrected chi connectivity index (χ4v) is 3.85. The summed E-state index contributed by atoms with van der Waals surface area (Å²) in [7, 11) is -3.92. The molecule has 1 aromatic rings. The molecule has 0 bridgehead atoms. The zero-order valence-electron chi connectivity index (χ0n) is 10.0. The molecule has 0 radical (unpaired) electrons. The van der Waals surface area contributed by atoms with E-state index in [-0.39, 0.29) is 23.5 Å². The van der Waals surface area contributed by atoms with Crippen molar-refractivity contribution in [1.29, 1.82) is 0 Å². The van der Waals surface area contributed by atoms with Crippen molar-refractivity contribution in [2.75, 3.05) is 13.1 Å². The quantitative estimate of drug-likeness (QED) is 0.891. The average Bonchev–Trinajstić information content (AvgIpc) is 2.28. The largest absolute Gasteiger partial charge is 0.315 e. The molecule has 1 atom stereocenters. The third-order valence-corrected chi connectivity index (χ3v) is 4.83. The third-order valence-electron chi connectivity index (χ3n) is 2.81. The molecule has 0 amide bonds. The lowest BCUT2D eigenvalue weighted by atomic mass is 10.1. The molecule has 0 aliphatic carbocycles. The van der Waals surface area contributed by atoms with E-state index < -0.39 is 20.7 Å². The number of rotatable bonds is 3. The van der Waals surface area contributed by atoms with Crippen LogP contribution in [-0.4, -0.2) is 27.5 Å². The van der Waals surface area contributed by atoms with Gasteiger partial charge in [0.15, 0.2) is 0 Å². The number of hydrogen-bond acceptors (Lipinski definition) is 3. The summed E-state index contributed by atoms with van der Waals surface area (Å²) in [5, 5.41) is 2.98. The smallest absolute Gasteiger partial charge is 0.245 e. The number of benzene rings is 1. The Morgan fingerprint density at radius 1 is 1.42 bits per heavy atom. The number of sulfonamides is 1. The molecule has 1 heterocycles. The minimum absolute atomic E-state index is 0. The van der Waals surface area contributed by atoms with Gasteiger partial charge in [0.05, 0.1) is 5.02 Å².